The van der Waals surface area contributed by atoms with E-state index in [1.165, 1.54) is 0 Å². The number of nitrogens with one attached hydrogen (secondary N) is 1. The number of nitrogens with zero attached hydrogens (tertiary/aromatic N) is 2. The smallest absolute Gasteiger partial charge is 0.258 e. The fourth-order valence-electron chi connectivity index (χ4n) is 3.48. The van der Waals surface area contributed by atoms with Crippen molar-refractivity contribution >= 4 is 10.9 Å². The minimum atomic E-state index is -0.0762. The number of hydrogen-bond donors (Lipinski definition) is 2. The number of aromatic nitrogens is 2. The highest BCUT2D eigenvalue weighted by Gasteiger charge is 2.34. The molecule has 1 aromatic heterocycles. The molecule has 0 amide bonds. The van der Waals surface area contributed by atoms with E-state index < -0.39 is 0 Å². The summed E-state index contributed by atoms with van der Waals surface area (Å²) >= 11 is 0. The van der Waals surface area contributed by atoms with Crippen LogP contribution in [0.1, 0.15) is 45.0 Å². The van der Waals surface area contributed by atoms with Gasteiger partial charge in [0.05, 0.1) is 16.9 Å². The molecule has 0 saturated carbocycles. The fraction of sp³-hybridized carbons (Fsp3) is 0.556. The van der Waals surface area contributed by atoms with E-state index >= 15 is 0 Å². The molecule has 1 fully saturated rings. The van der Waals surface area contributed by atoms with Crippen LogP contribution in [0.2, 0.25) is 0 Å². The maximum absolute atomic E-state index is 12.2. The summed E-state index contributed by atoms with van der Waals surface area (Å²) in [5.41, 5.74) is 0.738. The highest BCUT2D eigenvalue weighted by Crippen LogP contribution is 2.36. The maximum Gasteiger partial charge on any atom is 0.258 e. The van der Waals surface area contributed by atoms with Crippen molar-refractivity contribution in [2.45, 2.75) is 39.2 Å². The van der Waals surface area contributed by atoms with Crippen molar-refractivity contribution < 1.29 is 5.11 Å². The van der Waals surface area contributed by atoms with Crippen molar-refractivity contribution in [2.24, 2.45) is 5.41 Å². The molecular formula is C18H25N3O2. The largest absolute Gasteiger partial charge is 0.396 e. The van der Waals surface area contributed by atoms with Crippen LogP contribution in [-0.2, 0) is 0 Å². The first kappa shape index (κ1) is 16.1. The zero-order chi connectivity index (χ0) is 16.4. The molecule has 0 bridgehead atoms. The second kappa shape index (κ2) is 6.42. The maximum atomic E-state index is 12.2. The van der Waals surface area contributed by atoms with Gasteiger partial charge < -0.3 is 10.1 Å². The van der Waals surface area contributed by atoms with Gasteiger partial charge in [-0.2, -0.15) is 0 Å². The summed E-state index contributed by atoms with van der Waals surface area (Å²) in [7, 11) is 0. The number of benzene rings is 1. The molecule has 5 heteroatoms. The lowest BCUT2D eigenvalue weighted by Crippen LogP contribution is -2.43. The van der Waals surface area contributed by atoms with Crippen LogP contribution in [0.5, 0.6) is 0 Å². The third kappa shape index (κ3) is 3.03. The van der Waals surface area contributed by atoms with E-state index in [0.717, 1.165) is 43.7 Å². The first-order valence-electron chi connectivity index (χ1n) is 8.42. The lowest BCUT2D eigenvalue weighted by atomic mass is 9.76. The topological polar surface area (TPSA) is 69.2 Å². The molecule has 23 heavy (non-hydrogen) atoms. The Morgan fingerprint density at radius 3 is 2.70 bits per heavy atom. The molecular weight excluding hydrogens is 290 g/mol. The summed E-state index contributed by atoms with van der Waals surface area (Å²) in [5.74, 6) is 0.724. The Balaban J connectivity index is 1.82. The summed E-state index contributed by atoms with van der Waals surface area (Å²) in [4.78, 5) is 22.2. The standard InChI is InChI=1S/C18H25N3O2/c1-3-18(12-22)8-10-21(11-9-18)13(2)16-19-15-7-5-4-6-14(15)17(23)20-16/h4-7,13,22H,3,8-12H2,1-2H3,(H,19,20,23). The summed E-state index contributed by atoms with van der Waals surface area (Å²) < 4.78 is 0. The lowest BCUT2D eigenvalue weighted by Gasteiger charge is -2.42. The molecule has 2 heterocycles. The summed E-state index contributed by atoms with van der Waals surface area (Å²) in [6.07, 6.45) is 2.99. The van der Waals surface area contributed by atoms with E-state index in [1.807, 2.05) is 18.2 Å². The van der Waals surface area contributed by atoms with Crippen LogP contribution >= 0.6 is 0 Å². The van der Waals surface area contributed by atoms with Gasteiger partial charge in [0, 0.05) is 6.61 Å². The molecule has 2 N–H and O–H groups in total. The van der Waals surface area contributed by atoms with Gasteiger partial charge in [-0.3, -0.25) is 9.69 Å². The molecule has 1 aliphatic heterocycles. The van der Waals surface area contributed by atoms with Gasteiger partial charge in [-0.1, -0.05) is 19.1 Å². The van der Waals surface area contributed by atoms with Crippen molar-refractivity contribution in [2.75, 3.05) is 19.7 Å². The molecule has 0 radical (unpaired) electrons. The summed E-state index contributed by atoms with van der Waals surface area (Å²) in [6, 6.07) is 7.51. The van der Waals surface area contributed by atoms with Crippen LogP contribution < -0.4 is 5.56 Å². The Labute approximate surface area is 136 Å². The van der Waals surface area contributed by atoms with Crippen molar-refractivity contribution in [1.29, 1.82) is 0 Å². The second-order valence-corrected chi connectivity index (χ2v) is 6.69. The van der Waals surface area contributed by atoms with E-state index in [-0.39, 0.29) is 23.6 Å². The van der Waals surface area contributed by atoms with Crippen molar-refractivity contribution in [3.05, 3.63) is 40.4 Å². The molecule has 2 aromatic rings. The van der Waals surface area contributed by atoms with E-state index in [2.05, 4.69) is 28.7 Å². The Hall–Kier alpha value is -1.72. The van der Waals surface area contributed by atoms with Crippen LogP contribution in [0, 0.1) is 5.41 Å². The zero-order valence-corrected chi connectivity index (χ0v) is 13.9. The predicted octanol–water partition coefficient (Wildman–Crippen LogP) is 2.47. The highest BCUT2D eigenvalue weighted by molar-refractivity contribution is 5.77. The molecule has 0 aliphatic carbocycles. The number of fused-ring (bicyclic) bond motifs is 1. The van der Waals surface area contributed by atoms with Gasteiger partial charge in [0.25, 0.3) is 5.56 Å². The molecule has 1 saturated heterocycles. The quantitative estimate of drug-likeness (QED) is 0.909. The number of aliphatic hydroxyl groups excluding tert-OH is 1. The van der Waals surface area contributed by atoms with Gasteiger partial charge in [0.1, 0.15) is 5.82 Å². The van der Waals surface area contributed by atoms with Crippen molar-refractivity contribution in [1.82, 2.24) is 14.9 Å². The van der Waals surface area contributed by atoms with E-state index in [1.54, 1.807) is 6.07 Å². The van der Waals surface area contributed by atoms with Gasteiger partial charge in [-0.25, -0.2) is 4.98 Å². The number of likely N-dealkylation sites (tertiary alicyclic amines) is 1. The van der Waals surface area contributed by atoms with Gasteiger partial charge in [0.15, 0.2) is 0 Å². The number of H-pyrrole nitrogens is 1. The molecule has 1 aliphatic rings. The first-order chi connectivity index (χ1) is 11.1. The number of piperidine rings is 1. The predicted molar refractivity (Wildman–Crippen MR) is 91.4 cm³/mol. The molecule has 1 atom stereocenters. The van der Waals surface area contributed by atoms with Gasteiger partial charge >= 0.3 is 0 Å². The Kier molecular flexibility index (Phi) is 4.50. The number of para-hydroxylation sites is 1. The van der Waals surface area contributed by atoms with Crippen molar-refractivity contribution in [3.63, 3.8) is 0 Å². The average molecular weight is 315 g/mol. The normalized spacial score (nSPS) is 19.8. The lowest BCUT2D eigenvalue weighted by molar-refractivity contribution is 0.0257. The van der Waals surface area contributed by atoms with E-state index in [9.17, 15) is 9.90 Å². The van der Waals surface area contributed by atoms with Gasteiger partial charge in [-0.05, 0) is 56.8 Å². The summed E-state index contributed by atoms with van der Waals surface area (Å²) in [6.45, 7) is 6.34. The Bertz CT molecular complexity index is 726. The van der Waals surface area contributed by atoms with Crippen LogP contribution in [0.3, 0.4) is 0 Å². The van der Waals surface area contributed by atoms with Crippen molar-refractivity contribution in [3.8, 4) is 0 Å². The highest BCUT2D eigenvalue weighted by atomic mass is 16.3. The monoisotopic (exact) mass is 315 g/mol. The van der Waals surface area contributed by atoms with Crippen LogP contribution in [0.4, 0.5) is 0 Å². The third-order valence-corrected chi connectivity index (χ3v) is 5.52. The average Bonchev–Trinajstić information content (AvgIpc) is 2.61. The first-order valence-corrected chi connectivity index (χ1v) is 8.42. The fourth-order valence-corrected chi connectivity index (χ4v) is 3.48. The molecule has 5 nitrogen and oxygen atoms in total. The van der Waals surface area contributed by atoms with E-state index in [4.69, 9.17) is 0 Å². The van der Waals surface area contributed by atoms with Crippen LogP contribution in [0.15, 0.2) is 29.1 Å². The molecule has 1 aromatic carbocycles. The van der Waals surface area contributed by atoms with E-state index in [0.29, 0.717) is 5.39 Å². The van der Waals surface area contributed by atoms with Crippen LogP contribution in [0.25, 0.3) is 10.9 Å². The molecule has 124 valence electrons. The van der Waals surface area contributed by atoms with Gasteiger partial charge in [-0.15, -0.1) is 0 Å². The Morgan fingerprint density at radius 2 is 2.04 bits per heavy atom. The number of aromatic amines is 1. The molecule has 1 unspecified atom stereocenters. The second-order valence-electron chi connectivity index (χ2n) is 6.69. The van der Waals surface area contributed by atoms with Crippen LogP contribution in [-0.4, -0.2) is 39.7 Å². The Morgan fingerprint density at radius 1 is 1.35 bits per heavy atom. The number of rotatable bonds is 4. The SMILES string of the molecule is CCC1(CO)CCN(C(C)c2nc3ccccc3c(=O)[nH]2)CC1. The minimum Gasteiger partial charge on any atom is -0.396 e. The number of hydrogen-bond acceptors (Lipinski definition) is 4. The molecule has 0 spiro atoms. The summed E-state index contributed by atoms with van der Waals surface area (Å²) in [5, 5.41) is 10.3. The van der Waals surface area contributed by atoms with Gasteiger partial charge in [0.2, 0.25) is 0 Å². The third-order valence-electron chi connectivity index (χ3n) is 5.52. The number of aliphatic hydroxyl groups is 1. The molecule has 3 rings (SSSR count). The zero-order valence-electron chi connectivity index (χ0n) is 13.9. The minimum absolute atomic E-state index is 0.0699.